The van der Waals surface area contributed by atoms with Gasteiger partial charge in [0.15, 0.2) is 0 Å². The Kier molecular flexibility index (Phi) is 3.51. The lowest BCUT2D eigenvalue weighted by Crippen LogP contribution is -2.18. The summed E-state index contributed by atoms with van der Waals surface area (Å²) in [5.74, 6) is -0.0365. The monoisotopic (exact) mass is 192 g/mol. The van der Waals surface area contributed by atoms with Gasteiger partial charge in [-0.05, 0) is 37.6 Å². The van der Waals surface area contributed by atoms with Crippen LogP contribution >= 0.6 is 0 Å². The summed E-state index contributed by atoms with van der Waals surface area (Å²) in [6.07, 6.45) is 0. The van der Waals surface area contributed by atoms with Gasteiger partial charge in [0.1, 0.15) is 0 Å². The number of anilines is 1. The Morgan fingerprint density at radius 1 is 1.43 bits per heavy atom. The summed E-state index contributed by atoms with van der Waals surface area (Å²) in [5, 5.41) is 5.81. The Morgan fingerprint density at radius 2 is 2.14 bits per heavy atom. The summed E-state index contributed by atoms with van der Waals surface area (Å²) in [7, 11) is 1.64. The Balaban J connectivity index is 2.95. The van der Waals surface area contributed by atoms with E-state index in [-0.39, 0.29) is 5.91 Å². The molecule has 1 amide bonds. The van der Waals surface area contributed by atoms with Crippen LogP contribution in [0.5, 0.6) is 0 Å². The van der Waals surface area contributed by atoms with Crippen molar-refractivity contribution in [1.29, 1.82) is 0 Å². The van der Waals surface area contributed by atoms with Crippen molar-refractivity contribution in [3.63, 3.8) is 0 Å². The Labute approximate surface area is 84.5 Å². The van der Waals surface area contributed by atoms with Crippen LogP contribution in [0, 0.1) is 6.92 Å². The van der Waals surface area contributed by atoms with E-state index in [0.717, 1.165) is 23.4 Å². The Morgan fingerprint density at radius 3 is 2.64 bits per heavy atom. The topological polar surface area (TPSA) is 41.1 Å². The molecule has 1 aromatic carbocycles. The van der Waals surface area contributed by atoms with Crippen molar-refractivity contribution >= 4 is 11.6 Å². The van der Waals surface area contributed by atoms with E-state index in [1.54, 1.807) is 7.05 Å². The highest BCUT2D eigenvalue weighted by molar-refractivity contribution is 5.95. The van der Waals surface area contributed by atoms with Crippen LogP contribution in [0.15, 0.2) is 18.2 Å². The van der Waals surface area contributed by atoms with Crippen molar-refractivity contribution in [2.24, 2.45) is 0 Å². The highest BCUT2D eigenvalue weighted by atomic mass is 16.1. The first-order chi connectivity index (χ1) is 6.69. The van der Waals surface area contributed by atoms with Crippen LogP contribution in [0.2, 0.25) is 0 Å². The number of nitrogens with one attached hydrogen (secondary N) is 2. The van der Waals surface area contributed by atoms with Crippen LogP contribution in [0.25, 0.3) is 0 Å². The molecular formula is C11H16N2O. The smallest absolute Gasteiger partial charge is 0.251 e. The standard InChI is InChI=1S/C11H16N2O/c1-4-13-9-5-6-10(8(2)7-9)11(14)12-3/h5-7,13H,4H2,1-3H3,(H,12,14). The second kappa shape index (κ2) is 4.65. The van der Waals surface area contributed by atoms with E-state index in [2.05, 4.69) is 10.6 Å². The molecule has 1 aromatic rings. The van der Waals surface area contributed by atoms with Crippen molar-refractivity contribution in [1.82, 2.24) is 5.32 Å². The zero-order valence-electron chi connectivity index (χ0n) is 8.85. The molecule has 0 fully saturated rings. The minimum absolute atomic E-state index is 0.0365. The maximum atomic E-state index is 11.4. The molecule has 0 unspecified atom stereocenters. The molecule has 76 valence electrons. The van der Waals surface area contributed by atoms with Gasteiger partial charge in [0.2, 0.25) is 0 Å². The number of amides is 1. The number of hydrogen-bond acceptors (Lipinski definition) is 2. The third-order valence-corrected chi connectivity index (χ3v) is 2.08. The first-order valence-electron chi connectivity index (χ1n) is 4.75. The SMILES string of the molecule is CCNc1ccc(C(=O)NC)c(C)c1. The number of carbonyl (C=O) groups is 1. The molecule has 0 bridgehead atoms. The average Bonchev–Trinajstić information content (AvgIpc) is 2.17. The molecule has 0 spiro atoms. The molecule has 3 nitrogen and oxygen atoms in total. The third kappa shape index (κ3) is 2.25. The highest BCUT2D eigenvalue weighted by Gasteiger charge is 2.06. The molecule has 3 heteroatoms. The maximum absolute atomic E-state index is 11.4. The zero-order chi connectivity index (χ0) is 10.6. The van der Waals surface area contributed by atoms with Crippen LogP contribution in [-0.4, -0.2) is 19.5 Å². The molecule has 0 saturated heterocycles. The molecule has 0 heterocycles. The lowest BCUT2D eigenvalue weighted by molar-refractivity contribution is 0.0962. The van der Waals surface area contributed by atoms with Gasteiger partial charge in [-0.15, -0.1) is 0 Å². The quantitative estimate of drug-likeness (QED) is 0.766. The minimum Gasteiger partial charge on any atom is -0.385 e. The molecular weight excluding hydrogens is 176 g/mol. The molecule has 0 atom stereocenters. The van der Waals surface area contributed by atoms with Crippen LogP contribution in [0.1, 0.15) is 22.8 Å². The van der Waals surface area contributed by atoms with Crippen LogP contribution in [-0.2, 0) is 0 Å². The summed E-state index contributed by atoms with van der Waals surface area (Å²) in [6, 6.07) is 5.74. The van der Waals surface area contributed by atoms with Crippen LogP contribution < -0.4 is 10.6 Å². The van der Waals surface area contributed by atoms with Gasteiger partial charge in [0.05, 0.1) is 0 Å². The fraction of sp³-hybridized carbons (Fsp3) is 0.364. The van der Waals surface area contributed by atoms with Crippen molar-refractivity contribution in [3.05, 3.63) is 29.3 Å². The van der Waals surface area contributed by atoms with E-state index in [9.17, 15) is 4.79 Å². The van der Waals surface area contributed by atoms with Gasteiger partial charge in [-0.1, -0.05) is 0 Å². The molecule has 0 aliphatic rings. The van der Waals surface area contributed by atoms with Crippen LogP contribution in [0.4, 0.5) is 5.69 Å². The highest BCUT2D eigenvalue weighted by Crippen LogP contribution is 2.14. The van der Waals surface area contributed by atoms with Gasteiger partial charge in [-0.25, -0.2) is 0 Å². The normalized spacial score (nSPS) is 9.64. The summed E-state index contributed by atoms with van der Waals surface area (Å²) < 4.78 is 0. The molecule has 0 aliphatic carbocycles. The predicted octanol–water partition coefficient (Wildman–Crippen LogP) is 1.79. The van der Waals surface area contributed by atoms with Gasteiger partial charge in [-0.2, -0.15) is 0 Å². The first kappa shape index (κ1) is 10.6. The Bertz CT molecular complexity index is 334. The molecule has 0 saturated carbocycles. The number of carbonyl (C=O) groups excluding carboxylic acids is 1. The van der Waals surface area contributed by atoms with Gasteiger partial charge in [0.25, 0.3) is 5.91 Å². The molecule has 14 heavy (non-hydrogen) atoms. The van der Waals surface area contributed by atoms with E-state index in [4.69, 9.17) is 0 Å². The van der Waals surface area contributed by atoms with Crippen molar-refractivity contribution in [2.45, 2.75) is 13.8 Å². The van der Waals surface area contributed by atoms with Gasteiger partial charge in [0, 0.05) is 24.8 Å². The maximum Gasteiger partial charge on any atom is 0.251 e. The number of hydrogen-bond donors (Lipinski definition) is 2. The van der Waals surface area contributed by atoms with E-state index in [0.29, 0.717) is 0 Å². The predicted molar refractivity (Wildman–Crippen MR) is 58.7 cm³/mol. The fourth-order valence-electron chi connectivity index (χ4n) is 1.37. The number of rotatable bonds is 3. The molecule has 0 radical (unpaired) electrons. The lowest BCUT2D eigenvalue weighted by atomic mass is 10.1. The van der Waals surface area contributed by atoms with Crippen molar-refractivity contribution in [2.75, 3.05) is 18.9 Å². The second-order valence-corrected chi connectivity index (χ2v) is 3.14. The number of benzene rings is 1. The fourth-order valence-corrected chi connectivity index (χ4v) is 1.37. The molecule has 0 aliphatic heterocycles. The van der Waals surface area contributed by atoms with Gasteiger partial charge in [-0.3, -0.25) is 4.79 Å². The summed E-state index contributed by atoms with van der Waals surface area (Å²) in [5.41, 5.74) is 2.77. The summed E-state index contributed by atoms with van der Waals surface area (Å²) in [6.45, 7) is 4.87. The Hall–Kier alpha value is -1.51. The second-order valence-electron chi connectivity index (χ2n) is 3.14. The van der Waals surface area contributed by atoms with Crippen LogP contribution in [0.3, 0.4) is 0 Å². The van der Waals surface area contributed by atoms with E-state index >= 15 is 0 Å². The summed E-state index contributed by atoms with van der Waals surface area (Å²) in [4.78, 5) is 11.4. The average molecular weight is 192 g/mol. The molecule has 1 rings (SSSR count). The van der Waals surface area contributed by atoms with Crippen molar-refractivity contribution in [3.8, 4) is 0 Å². The first-order valence-corrected chi connectivity index (χ1v) is 4.75. The number of aryl methyl sites for hydroxylation is 1. The van der Waals surface area contributed by atoms with Gasteiger partial charge < -0.3 is 10.6 Å². The summed E-state index contributed by atoms with van der Waals surface area (Å²) >= 11 is 0. The largest absolute Gasteiger partial charge is 0.385 e. The third-order valence-electron chi connectivity index (χ3n) is 2.08. The molecule has 2 N–H and O–H groups in total. The van der Waals surface area contributed by atoms with E-state index in [1.807, 2.05) is 32.0 Å². The van der Waals surface area contributed by atoms with E-state index in [1.165, 1.54) is 0 Å². The zero-order valence-corrected chi connectivity index (χ0v) is 8.85. The van der Waals surface area contributed by atoms with Crippen molar-refractivity contribution < 1.29 is 4.79 Å². The van der Waals surface area contributed by atoms with E-state index < -0.39 is 0 Å². The molecule has 0 aromatic heterocycles. The van der Waals surface area contributed by atoms with Gasteiger partial charge >= 0.3 is 0 Å². The minimum atomic E-state index is -0.0365. The lowest BCUT2D eigenvalue weighted by Gasteiger charge is -2.08.